The Bertz CT molecular complexity index is 385. The van der Waals surface area contributed by atoms with Gasteiger partial charge >= 0.3 is 6.09 Å². The van der Waals surface area contributed by atoms with E-state index >= 15 is 0 Å². The molecular weight excluding hydrogens is 263 g/mol. The second-order valence-corrected chi connectivity index (χ2v) is 7.16. The van der Waals surface area contributed by atoms with E-state index in [0.29, 0.717) is 0 Å². The quantitative estimate of drug-likeness (QED) is 0.804. The smallest absolute Gasteiger partial charge is 0.414 e. The van der Waals surface area contributed by atoms with Gasteiger partial charge in [0.1, 0.15) is 11.8 Å². The van der Waals surface area contributed by atoms with Crippen LogP contribution in [0.5, 0.6) is 0 Å². The molecule has 1 aliphatic heterocycles. The number of amides is 2. The number of ether oxygens (including phenoxy) is 1. The lowest BCUT2D eigenvalue weighted by atomic mass is 10.0. The summed E-state index contributed by atoms with van der Waals surface area (Å²) in [5.74, 6) is -0.505. The largest absolute Gasteiger partial charge is 0.444 e. The molecule has 0 bridgehead atoms. The molecule has 0 spiro atoms. The molecule has 0 radical (unpaired) electrons. The molecule has 0 aromatic heterocycles. The van der Waals surface area contributed by atoms with Crippen molar-refractivity contribution in [2.24, 2.45) is 0 Å². The number of nitrogens with zero attached hydrogens (tertiary/aromatic N) is 1. The van der Waals surface area contributed by atoms with E-state index in [1.54, 1.807) is 25.7 Å². The second-order valence-electron chi connectivity index (χ2n) is 7.16. The van der Waals surface area contributed by atoms with Crippen molar-refractivity contribution in [2.75, 3.05) is 6.54 Å². The van der Waals surface area contributed by atoms with Gasteiger partial charge in [0.25, 0.3) is 0 Å². The lowest BCUT2D eigenvalue weighted by Crippen LogP contribution is -2.52. The van der Waals surface area contributed by atoms with Gasteiger partial charge in [-0.1, -0.05) is 0 Å². The van der Waals surface area contributed by atoms with Crippen LogP contribution in [0.4, 0.5) is 9.18 Å². The molecule has 0 aromatic rings. The first-order valence-corrected chi connectivity index (χ1v) is 6.85. The molecule has 0 aliphatic carbocycles. The van der Waals surface area contributed by atoms with Crippen molar-refractivity contribution >= 4 is 12.0 Å². The number of imide groups is 1. The van der Waals surface area contributed by atoms with Crippen LogP contribution in [0.25, 0.3) is 0 Å². The predicted octanol–water partition coefficient (Wildman–Crippen LogP) is 2.25. The highest BCUT2D eigenvalue weighted by atomic mass is 19.1. The number of carbonyl (C=O) groups excluding carboxylic acids is 2. The summed E-state index contributed by atoms with van der Waals surface area (Å²) in [6, 6.07) is -0.641. The van der Waals surface area contributed by atoms with E-state index in [-0.39, 0.29) is 18.5 Å². The zero-order valence-corrected chi connectivity index (χ0v) is 13.1. The van der Waals surface area contributed by atoms with Gasteiger partial charge in [-0.05, 0) is 41.5 Å². The Morgan fingerprint density at radius 1 is 1.20 bits per heavy atom. The lowest BCUT2D eigenvalue weighted by Gasteiger charge is -2.35. The zero-order chi connectivity index (χ0) is 15.7. The Hall–Kier alpha value is -1.17. The monoisotopic (exact) mass is 288 g/mol. The molecule has 1 heterocycles. The van der Waals surface area contributed by atoms with E-state index in [0.717, 1.165) is 0 Å². The Balaban J connectivity index is 2.69. The Kier molecular flexibility index (Phi) is 4.79. The van der Waals surface area contributed by atoms with E-state index < -0.39 is 29.8 Å². The van der Waals surface area contributed by atoms with E-state index in [1.165, 1.54) is 0 Å². The van der Waals surface area contributed by atoms with E-state index in [2.05, 4.69) is 5.32 Å². The third-order valence-electron chi connectivity index (χ3n) is 3.04. The summed E-state index contributed by atoms with van der Waals surface area (Å²) in [5, 5.41) is 2.19. The summed E-state index contributed by atoms with van der Waals surface area (Å²) in [4.78, 5) is 25.5. The Morgan fingerprint density at radius 3 is 2.20 bits per heavy atom. The molecule has 1 saturated heterocycles. The topological polar surface area (TPSA) is 58.6 Å². The molecule has 1 aliphatic rings. The summed E-state index contributed by atoms with van der Waals surface area (Å²) >= 11 is 0. The number of alkyl halides is 1. The van der Waals surface area contributed by atoms with Crippen molar-refractivity contribution in [2.45, 2.75) is 71.3 Å². The Morgan fingerprint density at radius 2 is 1.75 bits per heavy atom. The highest BCUT2D eigenvalue weighted by Gasteiger charge is 2.42. The fourth-order valence-electron chi connectivity index (χ4n) is 2.26. The second kappa shape index (κ2) is 5.68. The van der Waals surface area contributed by atoms with Crippen LogP contribution in [0.15, 0.2) is 0 Å². The average molecular weight is 288 g/mol. The normalized spacial score (nSPS) is 24.6. The van der Waals surface area contributed by atoms with Crippen LogP contribution in [0.1, 0.15) is 48.0 Å². The van der Waals surface area contributed by atoms with Gasteiger partial charge in [-0.15, -0.1) is 0 Å². The number of halogens is 1. The highest BCUT2D eigenvalue weighted by molar-refractivity contribution is 5.95. The van der Waals surface area contributed by atoms with Gasteiger partial charge in [-0.25, -0.2) is 9.18 Å². The predicted molar refractivity (Wildman–Crippen MR) is 74.1 cm³/mol. The van der Waals surface area contributed by atoms with Gasteiger partial charge < -0.3 is 4.74 Å². The van der Waals surface area contributed by atoms with Crippen LogP contribution in [0, 0.1) is 0 Å². The first-order valence-electron chi connectivity index (χ1n) is 6.85. The van der Waals surface area contributed by atoms with Crippen molar-refractivity contribution in [1.29, 1.82) is 0 Å². The third kappa shape index (κ3) is 4.74. The SMILES string of the molecule is CC(C)(C)OC(=O)NC(=O)[C@@H]1C[C@H](F)CN1C(C)(C)C. The first kappa shape index (κ1) is 16.9. The minimum Gasteiger partial charge on any atom is -0.444 e. The number of hydrogen-bond donors (Lipinski definition) is 1. The number of likely N-dealkylation sites (tertiary alicyclic amines) is 1. The molecular formula is C14H25FN2O3. The van der Waals surface area contributed by atoms with Crippen molar-refractivity contribution < 1.29 is 18.7 Å². The molecule has 1 rings (SSSR count). The van der Waals surface area contributed by atoms with Gasteiger partial charge in [-0.3, -0.25) is 15.0 Å². The van der Waals surface area contributed by atoms with Crippen LogP contribution in [-0.4, -0.2) is 46.8 Å². The average Bonchev–Trinajstić information content (AvgIpc) is 2.56. The molecule has 1 fully saturated rings. The Labute approximate surface area is 119 Å². The maximum absolute atomic E-state index is 13.6. The van der Waals surface area contributed by atoms with E-state index in [1.807, 2.05) is 20.8 Å². The summed E-state index contributed by atoms with van der Waals surface area (Å²) in [6.45, 7) is 11.1. The van der Waals surface area contributed by atoms with E-state index in [9.17, 15) is 14.0 Å². The molecule has 6 heteroatoms. The minimum absolute atomic E-state index is 0.103. The highest BCUT2D eigenvalue weighted by Crippen LogP contribution is 2.28. The number of hydrogen-bond acceptors (Lipinski definition) is 4. The molecule has 2 amide bonds. The summed E-state index contributed by atoms with van der Waals surface area (Å²) in [6.07, 6.45) is -1.74. The van der Waals surface area contributed by atoms with Gasteiger partial charge in [0.2, 0.25) is 5.91 Å². The summed E-state index contributed by atoms with van der Waals surface area (Å²) in [7, 11) is 0. The van der Waals surface area contributed by atoms with E-state index in [4.69, 9.17) is 4.74 Å². The van der Waals surface area contributed by atoms with Crippen molar-refractivity contribution in [3.63, 3.8) is 0 Å². The molecule has 0 unspecified atom stereocenters. The first-order chi connectivity index (χ1) is 8.90. The molecule has 5 nitrogen and oxygen atoms in total. The fraction of sp³-hybridized carbons (Fsp3) is 0.857. The third-order valence-corrected chi connectivity index (χ3v) is 3.04. The van der Waals surface area contributed by atoms with Crippen molar-refractivity contribution in [1.82, 2.24) is 10.2 Å². The van der Waals surface area contributed by atoms with Gasteiger partial charge in [0.05, 0.1) is 6.04 Å². The number of nitrogens with one attached hydrogen (secondary N) is 1. The number of carbonyl (C=O) groups is 2. The number of rotatable bonds is 1. The summed E-state index contributed by atoms with van der Waals surface area (Å²) < 4.78 is 18.6. The van der Waals surface area contributed by atoms with Crippen LogP contribution in [-0.2, 0) is 9.53 Å². The lowest BCUT2D eigenvalue weighted by molar-refractivity contribution is -0.126. The summed E-state index contributed by atoms with van der Waals surface area (Å²) in [5.41, 5.74) is -1.01. The van der Waals surface area contributed by atoms with Gasteiger partial charge in [0, 0.05) is 18.5 Å². The molecule has 0 saturated carbocycles. The van der Waals surface area contributed by atoms with Crippen LogP contribution in [0.3, 0.4) is 0 Å². The minimum atomic E-state index is -1.05. The molecule has 0 aromatic carbocycles. The van der Waals surface area contributed by atoms with Crippen LogP contribution >= 0.6 is 0 Å². The van der Waals surface area contributed by atoms with Crippen molar-refractivity contribution in [3.8, 4) is 0 Å². The molecule has 116 valence electrons. The van der Waals surface area contributed by atoms with Gasteiger partial charge in [-0.2, -0.15) is 0 Å². The maximum atomic E-state index is 13.6. The van der Waals surface area contributed by atoms with Crippen LogP contribution < -0.4 is 5.32 Å². The van der Waals surface area contributed by atoms with Crippen LogP contribution in [0.2, 0.25) is 0 Å². The molecule has 20 heavy (non-hydrogen) atoms. The standard InChI is InChI=1S/C14H25FN2O3/c1-13(2,3)17-8-9(15)7-10(17)11(18)16-12(19)20-14(4,5)6/h9-10H,7-8H2,1-6H3,(H,16,18,19)/t9-,10-/m0/s1. The number of alkyl carbamates (subject to hydrolysis) is 1. The molecule has 2 atom stereocenters. The maximum Gasteiger partial charge on any atom is 0.414 e. The molecule has 1 N–H and O–H groups in total. The van der Waals surface area contributed by atoms with Gasteiger partial charge in [0.15, 0.2) is 0 Å². The van der Waals surface area contributed by atoms with Crippen molar-refractivity contribution in [3.05, 3.63) is 0 Å². The zero-order valence-electron chi connectivity index (χ0n) is 13.1. The fourth-order valence-corrected chi connectivity index (χ4v) is 2.26.